The van der Waals surface area contributed by atoms with Crippen LogP contribution in [0.25, 0.3) is 0 Å². The molecule has 0 aliphatic heterocycles. The number of halogens is 1. The smallest absolute Gasteiger partial charge is 0.271 e. The zero-order valence-corrected chi connectivity index (χ0v) is 20.5. The number of methoxy groups -OCH3 is 2. The Kier molecular flexibility index (Phi) is 9.11. The van der Waals surface area contributed by atoms with Gasteiger partial charge < -0.3 is 18.9 Å². The first-order valence-corrected chi connectivity index (χ1v) is 11.1. The summed E-state index contributed by atoms with van der Waals surface area (Å²) in [6.45, 7) is 4.36. The number of hydrazone groups is 1. The van der Waals surface area contributed by atoms with Gasteiger partial charge in [-0.05, 0) is 59.7 Å². The Bertz CT molecular complexity index is 1160. The Morgan fingerprint density at radius 3 is 2.32 bits per heavy atom. The number of benzene rings is 3. The van der Waals surface area contributed by atoms with Crippen molar-refractivity contribution in [3.8, 4) is 23.0 Å². The summed E-state index contributed by atoms with van der Waals surface area (Å²) in [4.78, 5) is 12.5. The summed E-state index contributed by atoms with van der Waals surface area (Å²) in [5.41, 5.74) is 4.66. The number of ether oxygens (including phenoxy) is 4. The molecule has 176 valence electrons. The van der Waals surface area contributed by atoms with Crippen LogP contribution in [0.2, 0.25) is 0 Å². The van der Waals surface area contributed by atoms with Gasteiger partial charge in [-0.25, -0.2) is 5.43 Å². The highest BCUT2D eigenvalue weighted by atomic mass is 79.9. The van der Waals surface area contributed by atoms with Gasteiger partial charge in [-0.1, -0.05) is 40.7 Å². The molecule has 0 aromatic heterocycles. The van der Waals surface area contributed by atoms with Crippen LogP contribution in [0.1, 0.15) is 21.5 Å². The molecule has 0 atom stereocenters. The lowest BCUT2D eigenvalue weighted by molar-refractivity contribution is 0.0954. The van der Waals surface area contributed by atoms with E-state index in [0.717, 1.165) is 15.6 Å². The van der Waals surface area contributed by atoms with Gasteiger partial charge in [0.2, 0.25) is 0 Å². The molecule has 0 saturated heterocycles. The Hall–Kier alpha value is -3.78. The van der Waals surface area contributed by atoms with E-state index in [2.05, 4.69) is 33.0 Å². The van der Waals surface area contributed by atoms with Gasteiger partial charge in [0, 0.05) is 10.0 Å². The van der Waals surface area contributed by atoms with Crippen molar-refractivity contribution in [3.63, 3.8) is 0 Å². The van der Waals surface area contributed by atoms with Crippen molar-refractivity contribution < 1.29 is 23.7 Å². The van der Waals surface area contributed by atoms with Crippen molar-refractivity contribution in [2.45, 2.75) is 6.61 Å². The van der Waals surface area contributed by atoms with E-state index < -0.39 is 0 Å². The van der Waals surface area contributed by atoms with Crippen molar-refractivity contribution in [2.75, 3.05) is 20.8 Å². The molecule has 0 saturated carbocycles. The van der Waals surface area contributed by atoms with Crippen LogP contribution in [0.5, 0.6) is 23.0 Å². The van der Waals surface area contributed by atoms with Crippen molar-refractivity contribution in [3.05, 3.63) is 94.5 Å². The van der Waals surface area contributed by atoms with E-state index in [0.29, 0.717) is 41.8 Å². The molecule has 1 amide bonds. The van der Waals surface area contributed by atoms with Gasteiger partial charge in [-0.3, -0.25) is 4.79 Å². The highest BCUT2D eigenvalue weighted by Crippen LogP contribution is 2.29. The molecule has 8 heteroatoms. The maximum absolute atomic E-state index is 12.5. The quantitative estimate of drug-likeness (QED) is 0.207. The van der Waals surface area contributed by atoms with Crippen molar-refractivity contribution in [1.82, 2.24) is 5.43 Å². The first-order valence-electron chi connectivity index (χ1n) is 10.3. The van der Waals surface area contributed by atoms with Gasteiger partial charge in [-0.15, -0.1) is 0 Å². The number of amides is 1. The Balaban J connectivity index is 1.62. The molecular weight excluding hydrogens is 500 g/mol. The van der Waals surface area contributed by atoms with Gasteiger partial charge in [0.1, 0.15) is 13.2 Å². The molecular formula is C26H25BrN2O5. The highest BCUT2D eigenvalue weighted by molar-refractivity contribution is 9.10. The monoisotopic (exact) mass is 524 g/mol. The summed E-state index contributed by atoms with van der Waals surface area (Å²) in [5.74, 6) is 1.76. The van der Waals surface area contributed by atoms with Crippen molar-refractivity contribution in [1.29, 1.82) is 0 Å². The normalized spacial score (nSPS) is 10.6. The summed E-state index contributed by atoms with van der Waals surface area (Å²) in [6.07, 6.45) is 3.16. The van der Waals surface area contributed by atoms with E-state index in [1.807, 2.05) is 30.3 Å². The second-order valence-electron chi connectivity index (χ2n) is 6.99. The fourth-order valence-electron chi connectivity index (χ4n) is 2.93. The highest BCUT2D eigenvalue weighted by Gasteiger charge is 2.11. The summed E-state index contributed by atoms with van der Waals surface area (Å²) < 4.78 is 23.1. The van der Waals surface area contributed by atoms with E-state index in [1.54, 1.807) is 43.5 Å². The molecule has 0 unspecified atom stereocenters. The fourth-order valence-corrected chi connectivity index (χ4v) is 3.20. The third-order valence-corrected chi connectivity index (χ3v) is 5.19. The molecule has 3 aromatic carbocycles. The Morgan fingerprint density at radius 1 is 0.941 bits per heavy atom. The summed E-state index contributed by atoms with van der Waals surface area (Å²) in [6, 6.07) is 18.2. The number of nitrogens with one attached hydrogen (secondary N) is 1. The fraction of sp³-hybridized carbons (Fsp3) is 0.154. The van der Waals surface area contributed by atoms with Crippen LogP contribution in [-0.2, 0) is 6.61 Å². The number of hydrogen-bond donors (Lipinski definition) is 1. The predicted octanol–water partition coefficient (Wildman–Crippen LogP) is 5.37. The average molecular weight is 525 g/mol. The molecule has 0 fully saturated rings. The van der Waals surface area contributed by atoms with E-state index in [9.17, 15) is 4.79 Å². The van der Waals surface area contributed by atoms with E-state index in [1.165, 1.54) is 13.3 Å². The van der Waals surface area contributed by atoms with E-state index in [4.69, 9.17) is 18.9 Å². The molecule has 0 radical (unpaired) electrons. The summed E-state index contributed by atoms with van der Waals surface area (Å²) in [7, 11) is 3.08. The zero-order valence-electron chi connectivity index (χ0n) is 18.9. The van der Waals surface area contributed by atoms with Crippen LogP contribution in [0.3, 0.4) is 0 Å². The van der Waals surface area contributed by atoms with Crippen LogP contribution < -0.4 is 24.4 Å². The number of carbonyl (C=O) groups excluding carboxylic acids is 1. The second-order valence-corrected chi connectivity index (χ2v) is 7.91. The van der Waals surface area contributed by atoms with Gasteiger partial charge >= 0.3 is 0 Å². The molecule has 3 aromatic rings. The van der Waals surface area contributed by atoms with Crippen LogP contribution in [0.4, 0.5) is 0 Å². The van der Waals surface area contributed by atoms with Crippen molar-refractivity contribution in [2.24, 2.45) is 5.10 Å². The molecule has 3 rings (SSSR count). The molecule has 0 heterocycles. The van der Waals surface area contributed by atoms with Crippen molar-refractivity contribution >= 4 is 28.1 Å². The third kappa shape index (κ3) is 6.86. The molecule has 7 nitrogen and oxygen atoms in total. The average Bonchev–Trinajstić information content (AvgIpc) is 2.87. The minimum atomic E-state index is -0.383. The minimum absolute atomic E-state index is 0.337. The summed E-state index contributed by atoms with van der Waals surface area (Å²) in [5, 5.41) is 4.04. The Labute approximate surface area is 207 Å². The maximum Gasteiger partial charge on any atom is 0.271 e. The minimum Gasteiger partial charge on any atom is -0.493 e. The molecule has 0 bridgehead atoms. The van der Waals surface area contributed by atoms with Gasteiger partial charge in [0.15, 0.2) is 23.0 Å². The van der Waals surface area contributed by atoms with Crippen LogP contribution in [0.15, 0.2) is 82.9 Å². The number of rotatable bonds is 11. The molecule has 34 heavy (non-hydrogen) atoms. The molecule has 0 aliphatic carbocycles. The van der Waals surface area contributed by atoms with Gasteiger partial charge in [0.05, 0.1) is 20.4 Å². The lowest BCUT2D eigenvalue weighted by Crippen LogP contribution is -2.17. The Morgan fingerprint density at radius 2 is 1.62 bits per heavy atom. The number of carbonyl (C=O) groups is 1. The lowest BCUT2D eigenvalue weighted by atomic mass is 10.2. The maximum atomic E-state index is 12.5. The number of hydrogen-bond acceptors (Lipinski definition) is 6. The van der Waals surface area contributed by atoms with Gasteiger partial charge in [-0.2, -0.15) is 5.10 Å². The molecule has 1 N–H and O–H groups in total. The largest absolute Gasteiger partial charge is 0.493 e. The first kappa shape index (κ1) is 24.9. The predicted molar refractivity (Wildman–Crippen MR) is 135 cm³/mol. The summed E-state index contributed by atoms with van der Waals surface area (Å²) >= 11 is 3.42. The first-order chi connectivity index (χ1) is 16.5. The number of nitrogens with zero attached hydrogens (tertiary/aromatic N) is 1. The molecule has 0 aliphatic rings. The van der Waals surface area contributed by atoms with Crippen LogP contribution in [-0.4, -0.2) is 32.9 Å². The van der Waals surface area contributed by atoms with E-state index in [-0.39, 0.29) is 5.91 Å². The lowest BCUT2D eigenvalue weighted by Gasteiger charge is -2.11. The zero-order chi connectivity index (χ0) is 24.3. The SMILES string of the molecule is C=CCOc1ccc(C(=O)N/N=C/c2ccc(OCc3ccc(Br)cc3)c(OC)c2)cc1OC. The van der Waals surface area contributed by atoms with Crippen LogP contribution >= 0.6 is 15.9 Å². The standard InChI is InChI=1S/C26H25BrN2O5/c1-4-13-33-22-12-8-20(15-25(22)32-3)26(30)29-28-16-19-7-11-23(24(14-19)31-2)34-17-18-5-9-21(27)10-6-18/h4-12,14-16H,1,13,17H2,2-3H3,(H,29,30)/b28-16+. The van der Waals surface area contributed by atoms with Gasteiger partial charge in [0.25, 0.3) is 5.91 Å². The van der Waals surface area contributed by atoms with E-state index >= 15 is 0 Å². The topological polar surface area (TPSA) is 78.4 Å². The second kappa shape index (κ2) is 12.5. The molecule has 0 spiro atoms. The third-order valence-electron chi connectivity index (χ3n) is 4.66. The van der Waals surface area contributed by atoms with Crippen LogP contribution in [0, 0.1) is 0 Å².